The number of aliphatic hydroxyl groups is 1. The Kier molecular flexibility index (Phi) is 6.26. The van der Waals surface area contributed by atoms with E-state index in [1.54, 1.807) is 12.1 Å². The van der Waals surface area contributed by atoms with Gasteiger partial charge in [-0.15, -0.1) is 0 Å². The predicted molar refractivity (Wildman–Crippen MR) is 110 cm³/mol. The Morgan fingerprint density at radius 2 is 1.61 bits per heavy atom. The number of aliphatic hydroxyl groups excluding tert-OH is 1. The molecule has 28 heavy (non-hydrogen) atoms. The number of phenolic OH excluding ortho intramolecular Hbond substituents is 1. The number of hydrogen-bond donors (Lipinski definition) is 2. The number of ether oxygens (including phenoxy) is 1. The molecule has 0 heterocycles. The summed E-state index contributed by atoms with van der Waals surface area (Å²) in [5.74, 6) is -0.396. The van der Waals surface area contributed by atoms with Crippen molar-refractivity contribution in [2.45, 2.75) is 6.61 Å². The van der Waals surface area contributed by atoms with Crippen molar-refractivity contribution in [2.75, 3.05) is 0 Å². The fourth-order valence-corrected chi connectivity index (χ4v) is 2.56. The van der Waals surface area contributed by atoms with E-state index in [-0.39, 0.29) is 22.9 Å². The summed E-state index contributed by atoms with van der Waals surface area (Å²) < 4.78 is 5.64. The maximum Gasteiger partial charge on any atom is 0.182 e. The molecule has 4 heteroatoms. The summed E-state index contributed by atoms with van der Waals surface area (Å²) in [5, 5.41) is 20.3. The van der Waals surface area contributed by atoms with Crippen LogP contribution in [0, 0.1) is 0 Å². The molecule has 0 fully saturated rings. The summed E-state index contributed by atoms with van der Waals surface area (Å²) >= 11 is 0. The van der Waals surface area contributed by atoms with Crippen molar-refractivity contribution in [1.29, 1.82) is 0 Å². The van der Waals surface area contributed by atoms with Crippen LogP contribution in [0.25, 0.3) is 11.8 Å². The summed E-state index contributed by atoms with van der Waals surface area (Å²) in [6.45, 7) is 0.365. The Bertz CT molecular complexity index is 990. The van der Waals surface area contributed by atoms with Gasteiger partial charge < -0.3 is 14.9 Å². The second-order valence-corrected chi connectivity index (χ2v) is 6.13. The Hall–Kier alpha value is -3.79. The number of ketones is 1. The fourth-order valence-electron chi connectivity index (χ4n) is 2.56. The van der Waals surface area contributed by atoms with Crippen molar-refractivity contribution in [3.8, 4) is 11.5 Å². The number of benzene rings is 3. The molecule has 0 aromatic heterocycles. The number of phenols is 1. The molecule has 0 aliphatic rings. The number of carbonyl (C=O) groups excluding carboxylic acids is 1. The van der Waals surface area contributed by atoms with Crippen LogP contribution in [0.2, 0.25) is 0 Å². The Morgan fingerprint density at radius 1 is 0.929 bits per heavy atom. The van der Waals surface area contributed by atoms with Gasteiger partial charge in [-0.1, -0.05) is 66.7 Å². The third kappa shape index (κ3) is 5.35. The van der Waals surface area contributed by atoms with Crippen LogP contribution in [0.4, 0.5) is 0 Å². The molecule has 0 aliphatic carbocycles. The maximum absolute atomic E-state index is 12.0. The van der Waals surface area contributed by atoms with E-state index in [4.69, 9.17) is 4.74 Å². The number of allylic oxidation sites excluding steroid dienone is 2. The van der Waals surface area contributed by atoms with Crippen LogP contribution in [0.5, 0.6) is 11.5 Å². The highest BCUT2D eigenvalue weighted by atomic mass is 16.5. The van der Waals surface area contributed by atoms with Crippen molar-refractivity contribution >= 4 is 17.6 Å². The molecule has 140 valence electrons. The lowest BCUT2D eigenvalue weighted by atomic mass is 10.1. The lowest BCUT2D eigenvalue weighted by Crippen LogP contribution is -1.96. The van der Waals surface area contributed by atoms with Crippen molar-refractivity contribution in [3.05, 3.63) is 108 Å². The van der Waals surface area contributed by atoms with E-state index in [1.807, 2.05) is 60.7 Å². The van der Waals surface area contributed by atoms with E-state index in [0.29, 0.717) is 12.4 Å². The summed E-state index contributed by atoms with van der Waals surface area (Å²) in [7, 11) is 0. The van der Waals surface area contributed by atoms with Crippen LogP contribution in [0.15, 0.2) is 91.0 Å². The topological polar surface area (TPSA) is 66.8 Å². The van der Waals surface area contributed by atoms with Crippen LogP contribution >= 0.6 is 0 Å². The Balaban J connectivity index is 1.66. The second kappa shape index (κ2) is 9.24. The number of hydrogen-bond acceptors (Lipinski definition) is 4. The molecule has 0 unspecified atom stereocenters. The van der Waals surface area contributed by atoms with Crippen LogP contribution in [0.3, 0.4) is 0 Å². The van der Waals surface area contributed by atoms with Gasteiger partial charge in [0.1, 0.15) is 23.9 Å². The SMILES string of the molecule is O=C(/C=C(\O)c1ccc(OCc2ccccc2)cc1O)/C=C/c1ccccc1. The van der Waals surface area contributed by atoms with Crippen molar-refractivity contribution in [3.63, 3.8) is 0 Å². The first-order valence-electron chi connectivity index (χ1n) is 8.80. The minimum atomic E-state index is -0.384. The normalized spacial score (nSPS) is 11.5. The number of rotatable bonds is 7. The van der Waals surface area contributed by atoms with Crippen LogP contribution in [-0.2, 0) is 11.4 Å². The molecule has 3 aromatic rings. The van der Waals surface area contributed by atoms with E-state index in [0.717, 1.165) is 17.2 Å². The predicted octanol–water partition coefficient (Wildman–Crippen LogP) is 5.15. The summed E-state index contributed by atoms with van der Waals surface area (Å²) in [6, 6.07) is 23.6. The standard InChI is InChI=1S/C24H20O4/c25-20(12-11-18-7-3-1-4-8-18)15-23(26)22-14-13-21(16-24(22)27)28-17-19-9-5-2-6-10-19/h1-16,26-27H,17H2/b12-11+,23-15-. The van der Waals surface area contributed by atoms with Gasteiger partial charge >= 0.3 is 0 Å². The lowest BCUT2D eigenvalue weighted by Gasteiger charge is -2.09. The molecule has 0 saturated carbocycles. The van der Waals surface area contributed by atoms with E-state index in [1.165, 1.54) is 18.2 Å². The molecule has 3 aromatic carbocycles. The highest BCUT2D eigenvalue weighted by molar-refractivity contribution is 6.05. The minimum absolute atomic E-state index is 0.161. The third-order valence-corrected chi connectivity index (χ3v) is 4.01. The summed E-state index contributed by atoms with van der Waals surface area (Å²) in [4.78, 5) is 12.0. The van der Waals surface area contributed by atoms with Crippen molar-refractivity contribution < 1.29 is 19.7 Å². The first kappa shape index (κ1) is 19.0. The molecule has 0 radical (unpaired) electrons. The highest BCUT2D eigenvalue weighted by Gasteiger charge is 2.09. The molecule has 0 bridgehead atoms. The maximum atomic E-state index is 12.0. The average Bonchev–Trinajstić information content (AvgIpc) is 2.72. The van der Waals surface area contributed by atoms with Crippen LogP contribution in [-0.4, -0.2) is 16.0 Å². The van der Waals surface area contributed by atoms with E-state index < -0.39 is 0 Å². The van der Waals surface area contributed by atoms with E-state index in [9.17, 15) is 15.0 Å². The first-order chi connectivity index (χ1) is 13.6. The molecular formula is C24H20O4. The van der Waals surface area contributed by atoms with Gasteiger partial charge in [0.15, 0.2) is 5.78 Å². The smallest absolute Gasteiger partial charge is 0.182 e. The molecule has 0 atom stereocenters. The van der Waals surface area contributed by atoms with Gasteiger partial charge in [0.25, 0.3) is 0 Å². The van der Waals surface area contributed by atoms with Gasteiger partial charge in [0.2, 0.25) is 0 Å². The number of carbonyl (C=O) groups is 1. The molecule has 0 saturated heterocycles. The second-order valence-electron chi connectivity index (χ2n) is 6.13. The zero-order valence-electron chi connectivity index (χ0n) is 15.2. The van der Waals surface area contributed by atoms with Gasteiger partial charge in [-0.3, -0.25) is 4.79 Å². The molecule has 3 rings (SSSR count). The highest BCUT2D eigenvalue weighted by Crippen LogP contribution is 2.28. The van der Waals surface area contributed by atoms with Crippen molar-refractivity contribution in [1.82, 2.24) is 0 Å². The largest absolute Gasteiger partial charge is 0.507 e. The van der Waals surface area contributed by atoms with Gasteiger partial charge in [-0.05, 0) is 29.3 Å². The van der Waals surface area contributed by atoms with Crippen LogP contribution in [0.1, 0.15) is 16.7 Å². The molecule has 4 nitrogen and oxygen atoms in total. The third-order valence-electron chi connectivity index (χ3n) is 4.01. The molecule has 0 aliphatic heterocycles. The van der Waals surface area contributed by atoms with E-state index in [2.05, 4.69) is 0 Å². The Labute approximate surface area is 163 Å². The molecule has 0 amide bonds. The van der Waals surface area contributed by atoms with Gasteiger partial charge in [-0.2, -0.15) is 0 Å². The van der Waals surface area contributed by atoms with Crippen LogP contribution < -0.4 is 4.74 Å². The summed E-state index contributed by atoms with van der Waals surface area (Å²) in [5.41, 5.74) is 2.05. The Morgan fingerprint density at radius 3 is 2.29 bits per heavy atom. The first-order valence-corrected chi connectivity index (χ1v) is 8.80. The lowest BCUT2D eigenvalue weighted by molar-refractivity contribution is -0.110. The number of aromatic hydroxyl groups is 1. The monoisotopic (exact) mass is 372 g/mol. The average molecular weight is 372 g/mol. The van der Waals surface area contributed by atoms with Gasteiger partial charge in [-0.25, -0.2) is 0 Å². The molecule has 2 N–H and O–H groups in total. The zero-order chi connectivity index (χ0) is 19.8. The minimum Gasteiger partial charge on any atom is -0.507 e. The quantitative estimate of drug-likeness (QED) is 0.444. The fraction of sp³-hybridized carbons (Fsp3) is 0.0417. The van der Waals surface area contributed by atoms with Gasteiger partial charge in [0.05, 0.1) is 5.56 Å². The van der Waals surface area contributed by atoms with Crippen molar-refractivity contribution in [2.24, 2.45) is 0 Å². The zero-order valence-corrected chi connectivity index (χ0v) is 15.2. The molecular weight excluding hydrogens is 352 g/mol. The summed E-state index contributed by atoms with van der Waals surface area (Å²) in [6.07, 6.45) is 4.09. The van der Waals surface area contributed by atoms with Gasteiger partial charge in [0, 0.05) is 12.1 Å². The molecule has 0 spiro atoms. The van der Waals surface area contributed by atoms with E-state index >= 15 is 0 Å².